The van der Waals surface area contributed by atoms with Gasteiger partial charge in [-0.3, -0.25) is 0 Å². The van der Waals surface area contributed by atoms with Gasteiger partial charge in [-0.1, -0.05) is 0 Å². The molecule has 0 fully saturated rings. The Morgan fingerprint density at radius 3 is 1.85 bits per heavy atom. The summed E-state index contributed by atoms with van der Waals surface area (Å²) in [6, 6.07) is 0. The van der Waals surface area contributed by atoms with E-state index in [4.69, 9.17) is 25.1 Å². The van der Waals surface area contributed by atoms with Crippen molar-refractivity contribution in [3.63, 3.8) is 0 Å². The number of carbonyl (C=O) groups is 1. The molecule has 7 nitrogen and oxygen atoms in total. The van der Waals surface area contributed by atoms with Crippen LogP contribution in [0.3, 0.4) is 0 Å². The molecule has 0 aliphatic rings. The van der Waals surface area contributed by atoms with E-state index in [1.165, 1.54) is 7.11 Å². The molecule has 0 N–H and O–H groups in total. The van der Waals surface area contributed by atoms with Crippen molar-refractivity contribution in [1.29, 1.82) is 0 Å². The van der Waals surface area contributed by atoms with Crippen molar-refractivity contribution in [2.24, 2.45) is 0 Å². The summed E-state index contributed by atoms with van der Waals surface area (Å²) < 4.78 is 37.4. The Labute approximate surface area is 121 Å². The van der Waals surface area contributed by atoms with E-state index in [9.17, 15) is 4.79 Å². The average Bonchev–Trinajstić information content (AvgIpc) is 2.51. The molecular formula is C13H26O7. The molecule has 0 unspecified atom stereocenters. The molecular weight excluding hydrogens is 268 g/mol. The summed E-state index contributed by atoms with van der Waals surface area (Å²) in [6.45, 7) is 3.47. The van der Waals surface area contributed by atoms with Crippen LogP contribution in [0.25, 0.3) is 0 Å². The number of carbonyl (C=O) groups excluding carboxylic acids is 1. The van der Waals surface area contributed by atoms with Gasteiger partial charge in [0.25, 0.3) is 0 Å². The Kier molecular flexibility index (Phi) is 12.7. The van der Waals surface area contributed by atoms with Crippen LogP contribution in [-0.2, 0) is 33.2 Å². The molecule has 0 aliphatic carbocycles. The second kappa shape index (κ2) is 14.7. The minimum Gasteiger partial charge on any atom is -0.467 e. The number of methoxy groups -OCH3 is 2. The maximum absolute atomic E-state index is 11.1. The van der Waals surface area contributed by atoms with Gasteiger partial charge in [0.05, 0.1) is 60.0 Å². The molecule has 0 radical (unpaired) electrons. The Morgan fingerprint density at radius 2 is 1.40 bits per heavy atom. The van der Waals surface area contributed by atoms with Crippen molar-refractivity contribution in [2.45, 2.75) is 13.0 Å². The monoisotopic (exact) mass is 295 g/mol. The number of hydrogen-bond donors (Lipinski definition) is 0. The summed E-state index contributed by atoms with van der Waals surface area (Å²) in [6.07, 6.45) is -0.848. The van der Waals surface area contributed by atoms with Crippen LogP contribution in [0, 0.1) is 0 Å². The molecule has 0 aliphatic heterocycles. The summed E-state index contributed by atoms with van der Waals surface area (Å²) in [5.74, 6) is -0.540. The molecule has 0 amide bonds. The van der Waals surface area contributed by atoms with Crippen molar-refractivity contribution < 1.29 is 34.6 Å². The summed E-state index contributed by atoms with van der Waals surface area (Å²) in [7, 11) is 2.89. The number of esters is 1. The predicted octanol–water partition coefficient (Wildman–Crippen LogP) is 0.261. The van der Waals surface area contributed by atoms with Crippen LogP contribution >= 0.6 is 0 Å². The minimum atomic E-state index is -0.848. The van der Waals surface area contributed by atoms with Crippen molar-refractivity contribution in [1.82, 2.24) is 0 Å². The van der Waals surface area contributed by atoms with Gasteiger partial charge in [0.2, 0.25) is 0 Å². The molecule has 0 rings (SSSR count). The van der Waals surface area contributed by atoms with Crippen LogP contribution in [0.4, 0.5) is 0 Å². The molecule has 0 aromatic carbocycles. The third-order valence-corrected chi connectivity index (χ3v) is 2.19. The molecule has 0 aromatic rings. The van der Waals surface area contributed by atoms with E-state index in [0.717, 1.165) is 0 Å². The normalized spacial score (nSPS) is 13.0. The van der Waals surface area contributed by atoms with E-state index in [2.05, 4.69) is 4.74 Å². The first kappa shape index (κ1) is 17.3. The zero-order chi connectivity index (χ0) is 15.8. The van der Waals surface area contributed by atoms with E-state index in [1.54, 1.807) is 7.11 Å². The first-order valence-electron chi connectivity index (χ1n) is 7.17. The smallest absolute Gasteiger partial charge is 0.334 e. The van der Waals surface area contributed by atoms with Gasteiger partial charge >= 0.3 is 5.97 Å². The van der Waals surface area contributed by atoms with E-state index >= 15 is 0 Å². The SMILES string of the molecule is [2H]C[C@H](OCCOCCOCCOCCOC)C(=O)OC. The maximum Gasteiger partial charge on any atom is 0.334 e. The fourth-order valence-electron chi connectivity index (χ4n) is 1.13. The molecule has 0 saturated carbocycles. The molecule has 7 heteroatoms. The Bertz CT molecular complexity index is 241. The quantitative estimate of drug-likeness (QED) is 0.336. The molecule has 0 spiro atoms. The van der Waals surface area contributed by atoms with Crippen LogP contribution in [0.5, 0.6) is 0 Å². The Morgan fingerprint density at radius 1 is 0.900 bits per heavy atom. The summed E-state index contributed by atoms with van der Waals surface area (Å²) in [5, 5.41) is 0. The van der Waals surface area contributed by atoms with Gasteiger partial charge in [-0.25, -0.2) is 4.79 Å². The standard InChI is InChI=1S/C13H26O7/c1-12(13(14)16-3)20-11-10-19-9-8-18-7-6-17-5-4-15-2/h12H,4-11H2,1-3H3/t12-/m0/s1/i1D. The van der Waals surface area contributed by atoms with Gasteiger partial charge in [0.15, 0.2) is 6.10 Å². The molecule has 0 heterocycles. The van der Waals surface area contributed by atoms with Crippen LogP contribution < -0.4 is 0 Å². The minimum absolute atomic E-state index is 0.168. The molecule has 0 bridgehead atoms. The number of ether oxygens (including phenoxy) is 6. The Hall–Kier alpha value is -0.730. The Balaban J connectivity index is 3.23. The van der Waals surface area contributed by atoms with Gasteiger partial charge in [-0.2, -0.15) is 0 Å². The first-order valence-corrected chi connectivity index (χ1v) is 6.47. The highest BCUT2D eigenvalue weighted by Gasteiger charge is 2.12. The zero-order valence-electron chi connectivity index (χ0n) is 13.3. The molecule has 0 saturated heterocycles. The third-order valence-electron chi connectivity index (χ3n) is 2.19. The first-order chi connectivity index (χ1) is 10.3. The van der Waals surface area contributed by atoms with E-state index in [0.29, 0.717) is 46.2 Å². The van der Waals surface area contributed by atoms with Gasteiger partial charge in [-0.05, 0) is 6.90 Å². The molecule has 120 valence electrons. The van der Waals surface area contributed by atoms with E-state index in [1.807, 2.05) is 0 Å². The van der Waals surface area contributed by atoms with Crippen molar-refractivity contribution in [3.8, 4) is 0 Å². The number of hydrogen-bond acceptors (Lipinski definition) is 7. The highest BCUT2D eigenvalue weighted by Crippen LogP contribution is 1.93. The van der Waals surface area contributed by atoms with Gasteiger partial charge in [0.1, 0.15) is 0 Å². The van der Waals surface area contributed by atoms with Crippen LogP contribution in [0.1, 0.15) is 8.27 Å². The largest absolute Gasteiger partial charge is 0.467 e. The van der Waals surface area contributed by atoms with E-state index in [-0.39, 0.29) is 13.5 Å². The van der Waals surface area contributed by atoms with Gasteiger partial charge in [0, 0.05) is 8.48 Å². The highest BCUT2D eigenvalue weighted by atomic mass is 16.6. The van der Waals surface area contributed by atoms with Gasteiger partial charge in [-0.15, -0.1) is 0 Å². The number of rotatable bonds is 14. The van der Waals surface area contributed by atoms with E-state index < -0.39 is 12.1 Å². The fourth-order valence-corrected chi connectivity index (χ4v) is 1.13. The third kappa shape index (κ3) is 12.3. The van der Waals surface area contributed by atoms with Crippen molar-refractivity contribution >= 4 is 5.97 Å². The lowest BCUT2D eigenvalue weighted by Gasteiger charge is -2.11. The lowest BCUT2D eigenvalue weighted by molar-refractivity contribution is -0.153. The summed E-state index contributed by atoms with van der Waals surface area (Å²) in [4.78, 5) is 11.1. The zero-order valence-corrected chi connectivity index (χ0v) is 12.3. The lowest BCUT2D eigenvalue weighted by Crippen LogP contribution is -2.24. The summed E-state index contributed by atoms with van der Waals surface area (Å²) in [5.41, 5.74) is 0. The topological polar surface area (TPSA) is 72.5 Å². The lowest BCUT2D eigenvalue weighted by atomic mass is 10.4. The van der Waals surface area contributed by atoms with Crippen LogP contribution in [0.2, 0.25) is 0 Å². The fraction of sp³-hybridized carbons (Fsp3) is 0.923. The van der Waals surface area contributed by atoms with Crippen molar-refractivity contribution in [3.05, 3.63) is 0 Å². The molecule has 20 heavy (non-hydrogen) atoms. The second-order valence-electron chi connectivity index (χ2n) is 3.71. The van der Waals surface area contributed by atoms with Gasteiger partial charge < -0.3 is 28.4 Å². The van der Waals surface area contributed by atoms with Crippen LogP contribution in [-0.4, -0.2) is 79.1 Å². The molecule has 1 atom stereocenters. The average molecular weight is 295 g/mol. The van der Waals surface area contributed by atoms with Crippen molar-refractivity contribution in [2.75, 3.05) is 67.1 Å². The maximum atomic E-state index is 11.1. The molecule has 0 aromatic heterocycles. The second-order valence-corrected chi connectivity index (χ2v) is 3.71. The van der Waals surface area contributed by atoms with Crippen LogP contribution in [0.15, 0.2) is 0 Å². The highest BCUT2D eigenvalue weighted by molar-refractivity contribution is 5.73. The predicted molar refractivity (Wildman–Crippen MR) is 71.8 cm³/mol. The summed E-state index contributed by atoms with van der Waals surface area (Å²) >= 11 is 0.